The van der Waals surface area contributed by atoms with Gasteiger partial charge in [-0.1, -0.05) is 26.2 Å². The first-order valence-electron chi connectivity index (χ1n) is 9.12. The van der Waals surface area contributed by atoms with Crippen molar-refractivity contribution in [2.24, 2.45) is 10.8 Å². The largest absolute Gasteiger partial charge is 0.378 e. The second-order valence-corrected chi connectivity index (χ2v) is 8.14. The Morgan fingerprint density at radius 1 is 1.18 bits per heavy atom. The van der Waals surface area contributed by atoms with Crippen molar-refractivity contribution in [3.05, 3.63) is 0 Å². The first-order valence-corrected chi connectivity index (χ1v) is 9.12. The fourth-order valence-electron chi connectivity index (χ4n) is 5.36. The maximum Gasteiger partial charge on any atom is 0.0661 e. The van der Waals surface area contributed by atoms with Crippen LogP contribution >= 0.6 is 12.4 Å². The topological polar surface area (TPSA) is 24.5 Å². The number of hydrogen-bond acceptors (Lipinski definition) is 3. The molecule has 0 aromatic carbocycles. The molecule has 1 aliphatic heterocycles. The standard InChI is InChI=1S/C18H34N2O.ClH/c1-4-21-16-12-15(18(16)8-6-5-7-9-18)20(3)14-17(2)10-11-19-13-17;/h15-16,19H,4-14H2,1-3H3;1H. The van der Waals surface area contributed by atoms with Gasteiger partial charge in [-0.25, -0.2) is 0 Å². The molecule has 3 fully saturated rings. The molecule has 0 aromatic heterocycles. The Balaban J connectivity index is 0.00000176. The van der Waals surface area contributed by atoms with E-state index in [0.29, 0.717) is 16.9 Å². The molecule has 3 unspecified atom stereocenters. The third-order valence-corrected chi connectivity index (χ3v) is 6.51. The Hall–Kier alpha value is 0.170. The fraction of sp³-hybridized carbons (Fsp3) is 1.00. The number of nitrogens with zero attached hydrogens (tertiary/aromatic N) is 1. The Bertz CT molecular complexity index is 351. The molecule has 0 bridgehead atoms. The van der Waals surface area contributed by atoms with E-state index in [-0.39, 0.29) is 12.4 Å². The van der Waals surface area contributed by atoms with Crippen molar-refractivity contribution in [3.63, 3.8) is 0 Å². The fourth-order valence-corrected chi connectivity index (χ4v) is 5.36. The molecule has 1 N–H and O–H groups in total. The third-order valence-electron chi connectivity index (χ3n) is 6.51. The summed E-state index contributed by atoms with van der Waals surface area (Å²) in [4.78, 5) is 2.69. The number of rotatable bonds is 5. The lowest BCUT2D eigenvalue weighted by Gasteiger charge is -2.61. The minimum Gasteiger partial charge on any atom is -0.378 e. The average Bonchev–Trinajstić information content (AvgIpc) is 2.90. The first kappa shape index (κ1) is 18.5. The van der Waals surface area contributed by atoms with Crippen LogP contribution in [-0.4, -0.2) is 50.3 Å². The lowest BCUT2D eigenvalue weighted by Crippen LogP contribution is -2.65. The van der Waals surface area contributed by atoms with Crippen LogP contribution < -0.4 is 5.32 Å². The predicted octanol–water partition coefficient (Wildman–Crippen LogP) is 3.47. The van der Waals surface area contributed by atoms with Crippen LogP contribution in [0, 0.1) is 10.8 Å². The predicted molar refractivity (Wildman–Crippen MR) is 94.8 cm³/mol. The Labute approximate surface area is 143 Å². The molecular weight excluding hydrogens is 296 g/mol. The van der Waals surface area contributed by atoms with Gasteiger partial charge in [-0.15, -0.1) is 12.4 Å². The number of nitrogens with one attached hydrogen (secondary N) is 1. The van der Waals surface area contributed by atoms with Gasteiger partial charge in [-0.3, -0.25) is 0 Å². The monoisotopic (exact) mass is 330 g/mol. The molecule has 4 heteroatoms. The van der Waals surface area contributed by atoms with Gasteiger partial charge in [0.1, 0.15) is 0 Å². The quantitative estimate of drug-likeness (QED) is 0.835. The van der Waals surface area contributed by atoms with E-state index in [1.54, 1.807) is 0 Å². The van der Waals surface area contributed by atoms with Gasteiger partial charge in [0.05, 0.1) is 6.10 Å². The van der Waals surface area contributed by atoms with E-state index in [1.807, 2.05) is 0 Å². The highest BCUT2D eigenvalue weighted by Gasteiger charge is 2.57. The summed E-state index contributed by atoms with van der Waals surface area (Å²) in [5.74, 6) is 0. The molecule has 130 valence electrons. The zero-order valence-electron chi connectivity index (χ0n) is 14.7. The lowest BCUT2D eigenvalue weighted by atomic mass is 9.54. The van der Waals surface area contributed by atoms with Crippen molar-refractivity contribution in [1.29, 1.82) is 0 Å². The van der Waals surface area contributed by atoms with Gasteiger partial charge in [0, 0.05) is 31.2 Å². The second kappa shape index (κ2) is 7.38. The molecule has 3 rings (SSSR count). The molecule has 1 heterocycles. The van der Waals surface area contributed by atoms with Crippen molar-refractivity contribution >= 4 is 12.4 Å². The average molecular weight is 331 g/mol. The highest BCUT2D eigenvalue weighted by molar-refractivity contribution is 5.85. The van der Waals surface area contributed by atoms with Crippen molar-refractivity contribution in [1.82, 2.24) is 10.2 Å². The lowest BCUT2D eigenvalue weighted by molar-refractivity contribution is -0.181. The van der Waals surface area contributed by atoms with Crippen LogP contribution in [0.25, 0.3) is 0 Å². The molecule has 22 heavy (non-hydrogen) atoms. The summed E-state index contributed by atoms with van der Waals surface area (Å²) in [6.45, 7) is 9.11. The van der Waals surface area contributed by atoms with Crippen molar-refractivity contribution in [2.45, 2.75) is 70.9 Å². The normalized spacial score (nSPS) is 37.1. The highest BCUT2D eigenvalue weighted by Crippen LogP contribution is 2.55. The summed E-state index contributed by atoms with van der Waals surface area (Å²) >= 11 is 0. The molecule has 0 amide bonds. The zero-order valence-corrected chi connectivity index (χ0v) is 15.5. The second-order valence-electron chi connectivity index (χ2n) is 8.14. The third kappa shape index (κ3) is 3.33. The van der Waals surface area contributed by atoms with Gasteiger partial charge in [0.15, 0.2) is 0 Å². The van der Waals surface area contributed by atoms with Crippen molar-refractivity contribution < 1.29 is 4.74 Å². The maximum atomic E-state index is 6.11. The van der Waals surface area contributed by atoms with E-state index in [4.69, 9.17) is 4.74 Å². The molecule has 3 atom stereocenters. The summed E-state index contributed by atoms with van der Waals surface area (Å²) in [6.07, 6.45) is 10.1. The van der Waals surface area contributed by atoms with Gasteiger partial charge in [0.25, 0.3) is 0 Å². The molecule has 3 aliphatic rings. The minimum atomic E-state index is 0. The minimum absolute atomic E-state index is 0. The Morgan fingerprint density at radius 2 is 1.91 bits per heavy atom. The number of halogens is 1. The molecule has 1 spiro atoms. The van der Waals surface area contributed by atoms with Crippen LogP contribution in [0.15, 0.2) is 0 Å². The summed E-state index contributed by atoms with van der Waals surface area (Å²) < 4.78 is 6.11. The molecule has 2 saturated carbocycles. The summed E-state index contributed by atoms with van der Waals surface area (Å²) in [6, 6.07) is 0.756. The van der Waals surface area contributed by atoms with E-state index in [2.05, 4.69) is 31.1 Å². The first-order chi connectivity index (χ1) is 10.1. The van der Waals surface area contributed by atoms with Crippen LogP contribution in [0.3, 0.4) is 0 Å². The summed E-state index contributed by atoms with van der Waals surface area (Å²) in [5, 5.41) is 3.54. The van der Waals surface area contributed by atoms with Gasteiger partial charge in [-0.2, -0.15) is 0 Å². The molecule has 0 aromatic rings. The zero-order chi connectivity index (χ0) is 14.9. The van der Waals surface area contributed by atoms with E-state index in [9.17, 15) is 0 Å². The van der Waals surface area contributed by atoms with E-state index in [1.165, 1.54) is 64.6 Å². The summed E-state index contributed by atoms with van der Waals surface area (Å²) in [7, 11) is 2.37. The van der Waals surface area contributed by atoms with Gasteiger partial charge in [-0.05, 0) is 51.6 Å². The Morgan fingerprint density at radius 3 is 2.50 bits per heavy atom. The van der Waals surface area contributed by atoms with E-state index < -0.39 is 0 Å². The number of ether oxygens (including phenoxy) is 1. The molecule has 2 aliphatic carbocycles. The smallest absolute Gasteiger partial charge is 0.0661 e. The number of hydrogen-bond donors (Lipinski definition) is 1. The van der Waals surface area contributed by atoms with Crippen LogP contribution in [0.4, 0.5) is 0 Å². The van der Waals surface area contributed by atoms with Crippen LogP contribution in [0.1, 0.15) is 58.8 Å². The van der Waals surface area contributed by atoms with Crippen LogP contribution in [0.2, 0.25) is 0 Å². The Kier molecular flexibility index (Phi) is 6.21. The van der Waals surface area contributed by atoms with E-state index >= 15 is 0 Å². The van der Waals surface area contributed by atoms with Crippen LogP contribution in [0.5, 0.6) is 0 Å². The van der Waals surface area contributed by atoms with Gasteiger partial charge >= 0.3 is 0 Å². The molecule has 3 nitrogen and oxygen atoms in total. The summed E-state index contributed by atoms with van der Waals surface area (Å²) in [5.41, 5.74) is 0.951. The highest BCUT2D eigenvalue weighted by atomic mass is 35.5. The van der Waals surface area contributed by atoms with Gasteiger partial charge < -0.3 is 15.0 Å². The maximum absolute atomic E-state index is 6.11. The van der Waals surface area contributed by atoms with Crippen LogP contribution in [-0.2, 0) is 4.74 Å². The van der Waals surface area contributed by atoms with Crippen molar-refractivity contribution in [3.8, 4) is 0 Å². The van der Waals surface area contributed by atoms with Crippen molar-refractivity contribution in [2.75, 3.05) is 33.3 Å². The molecular formula is C18H35ClN2O. The SMILES string of the molecule is CCOC1CC(N(C)CC2(C)CCNC2)C12CCCCC2.Cl. The van der Waals surface area contributed by atoms with Gasteiger partial charge in [0.2, 0.25) is 0 Å². The molecule has 1 saturated heterocycles. The molecule has 0 radical (unpaired) electrons. The van der Waals surface area contributed by atoms with E-state index in [0.717, 1.165) is 12.6 Å².